The second-order valence-electron chi connectivity index (χ2n) is 6.54. The summed E-state index contributed by atoms with van der Waals surface area (Å²) in [6, 6.07) is 14.1. The van der Waals surface area contributed by atoms with Gasteiger partial charge >= 0.3 is 0 Å². The summed E-state index contributed by atoms with van der Waals surface area (Å²) in [6.07, 6.45) is 1.64. The number of nitrogens with one attached hydrogen (secondary N) is 1. The highest BCUT2D eigenvalue weighted by Crippen LogP contribution is 2.18. The van der Waals surface area contributed by atoms with Gasteiger partial charge in [0, 0.05) is 17.8 Å². The summed E-state index contributed by atoms with van der Waals surface area (Å²) < 4.78 is 14.3. The highest BCUT2D eigenvalue weighted by Gasteiger charge is 2.32. The summed E-state index contributed by atoms with van der Waals surface area (Å²) in [7, 11) is 0. The van der Waals surface area contributed by atoms with Crippen LogP contribution in [-0.4, -0.2) is 20.7 Å². The van der Waals surface area contributed by atoms with Crippen LogP contribution < -0.4 is 10.9 Å². The number of benzene rings is 1. The minimum atomic E-state index is -1.22. The third-order valence-corrected chi connectivity index (χ3v) is 4.18. The Balaban J connectivity index is 1.86. The Morgan fingerprint density at radius 3 is 2.52 bits per heavy atom. The normalized spacial score (nSPS) is 11.2. The summed E-state index contributed by atoms with van der Waals surface area (Å²) in [4.78, 5) is 29.2. The molecule has 0 saturated heterocycles. The van der Waals surface area contributed by atoms with E-state index in [2.05, 4.69) is 15.4 Å². The molecule has 6 nitrogen and oxygen atoms in total. The lowest BCUT2D eigenvalue weighted by atomic mass is 10.0. The molecule has 3 rings (SSSR count). The van der Waals surface area contributed by atoms with Crippen LogP contribution in [0, 0.1) is 5.82 Å². The van der Waals surface area contributed by atoms with E-state index in [0.717, 1.165) is 4.68 Å². The quantitative estimate of drug-likeness (QED) is 0.753. The fraction of sp³-hybridized carbons (Fsp3) is 0.200. The molecule has 0 aliphatic heterocycles. The molecule has 0 saturated carbocycles. The first-order valence-electron chi connectivity index (χ1n) is 8.43. The van der Waals surface area contributed by atoms with Crippen LogP contribution in [0.3, 0.4) is 0 Å². The van der Waals surface area contributed by atoms with Crippen molar-refractivity contribution >= 4 is 5.91 Å². The predicted molar refractivity (Wildman–Crippen MR) is 99.3 cm³/mol. The molecule has 1 N–H and O–H groups in total. The van der Waals surface area contributed by atoms with Crippen LogP contribution in [0.4, 0.5) is 4.39 Å². The van der Waals surface area contributed by atoms with Crippen molar-refractivity contribution in [3.05, 3.63) is 82.7 Å². The molecule has 0 aliphatic carbocycles. The van der Waals surface area contributed by atoms with Gasteiger partial charge in [-0.3, -0.25) is 14.6 Å². The third-order valence-electron chi connectivity index (χ3n) is 4.18. The SMILES string of the molecule is CC(C)(C(=O)NCc1ccccn1)n1nc(-c2ccc(F)cc2)ccc1=O. The van der Waals surface area contributed by atoms with Gasteiger partial charge < -0.3 is 5.32 Å². The minimum Gasteiger partial charge on any atom is -0.348 e. The van der Waals surface area contributed by atoms with Gasteiger partial charge in [-0.2, -0.15) is 5.10 Å². The number of aromatic nitrogens is 3. The lowest BCUT2D eigenvalue weighted by Crippen LogP contribution is -2.49. The molecule has 2 aromatic heterocycles. The van der Waals surface area contributed by atoms with Crippen LogP contribution in [0.25, 0.3) is 11.3 Å². The Hall–Kier alpha value is -3.35. The number of hydrogen-bond donors (Lipinski definition) is 1. The summed E-state index contributed by atoms with van der Waals surface area (Å²) in [5.41, 5.74) is 0.206. The number of halogens is 1. The summed E-state index contributed by atoms with van der Waals surface area (Å²) >= 11 is 0. The molecule has 1 amide bonds. The second kappa shape index (κ2) is 7.49. The number of rotatable bonds is 5. The molecule has 0 bridgehead atoms. The topological polar surface area (TPSA) is 76.9 Å². The molecule has 138 valence electrons. The smallest absolute Gasteiger partial charge is 0.267 e. The zero-order chi connectivity index (χ0) is 19.4. The van der Waals surface area contributed by atoms with E-state index in [1.54, 1.807) is 50.4 Å². The number of amides is 1. The average Bonchev–Trinajstić information content (AvgIpc) is 2.68. The Morgan fingerprint density at radius 2 is 1.85 bits per heavy atom. The van der Waals surface area contributed by atoms with Crippen molar-refractivity contribution in [1.82, 2.24) is 20.1 Å². The Morgan fingerprint density at radius 1 is 1.11 bits per heavy atom. The Labute approximate surface area is 155 Å². The van der Waals surface area contributed by atoms with Crippen LogP contribution in [-0.2, 0) is 16.9 Å². The van der Waals surface area contributed by atoms with E-state index in [1.807, 2.05) is 6.07 Å². The van der Waals surface area contributed by atoms with Crippen molar-refractivity contribution in [2.24, 2.45) is 0 Å². The fourth-order valence-electron chi connectivity index (χ4n) is 2.57. The molecule has 7 heteroatoms. The van der Waals surface area contributed by atoms with E-state index in [0.29, 0.717) is 17.0 Å². The Bertz CT molecular complexity index is 998. The van der Waals surface area contributed by atoms with Crippen molar-refractivity contribution in [2.45, 2.75) is 25.9 Å². The van der Waals surface area contributed by atoms with Gasteiger partial charge in [0.05, 0.1) is 17.9 Å². The average molecular weight is 366 g/mol. The lowest BCUT2D eigenvalue weighted by molar-refractivity contribution is -0.129. The van der Waals surface area contributed by atoms with Crippen molar-refractivity contribution in [1.29, 1.82) is 0 Å². The van der Waals surface area contributed by atoms with E-state index < -0.39 is 11.1 Å². The van der Waals surface area contributed by atoms with Crippen LogP contribution in [0.5, 0.6) is 0 Å². The fourth-order valence-corrected chi connectivity index (χ4v) is 2.57. The summed E-state index contributed by atoms with van der Waals surface area (Å²) in [5.74, 6) is -0.722. The van der Waals surface area contributed by atoms with Gasteiger partial charge in [-0.15, -0.1) is 0 Å². The largest absolute Gasteiger partial charge is 0.348 e. The van der Waals surface area contributed by atoms with Gasteiger partial charge in [0.1, 0.15) is 11.4 Å². The van der Waals surface area contributed by atoms with Crippen LogP contribution in [0.15, 0.2) is 65.6 Å². The van der Waals surface area contributed by atoms with Gasteiger partial charge in [0.25, 0.3) is 5.56 Å². The molecule has 0 atom stereocenters. The maximum Gasteiger partial charge on any atom is 0.267 e. The number of nitrogens with zero attached hydrogens (tertiary/aromatic N) is 3. The molecule has 0 unspecified atom stereocenters. The molecule has 0 aliphatic rings. The summed E-state index contributed by atoms with van der Waals surface area (Å²) in [5, 5.41) is 7.11. The van der Waals surface area contributed by atoms with E-state index in [1.165, 1.54) is 18.2 Å². The first-order chi connectivity index (χ1) is 12.9. The zero-order valence-corrected chi connectivity index (χ0v) is 15.0. The van der Waals surface area contributed by atoms with Gasteiger partial charge in [-0.25, -0.2) is 9.07 Å². The lowest BCUT2D eigenvalue weighted by Gasteiger charge is -2.25. The highest BCUT2D eigenvalue weighted by molar-refractivity contribution is 5.83. The first kappa shape index (κ1) is 18.4. The first-order valence-corrected chi connectivity index (χ1v) is 8.43. The van der Waals surface area contributed by atoms with Gasteiger partial charge in [0.2, 0.25) is 5.91 Å². The van der Waals surface area contributed by atoms with Crippen molar-refractivity contribution in [2.75, 3.05) is 0 Å². The number of hydrogen-bond acceptors (Lipinski definition) is 4. The highest BCUT2D eigenvalue weighted by atomic mass is 19.1. The number of pyridine rings is 1. The van der Waals surface area contributed by atoms with Gasteiger partial charge in [0.15, 0.2) is 0 Å². The molecule has 2 heterocycles. The van der Waals surface area contributed by atoms with E-state index in [-0.39, 0.29) is 18.3 Å². The van der Waals surface area contributed by atoms with Crippen molar-refractivity contribution < 1.29 is 9.18 Å². The second-order valence-corrected chi connectivity index (χ2v) is 6.54. The molecule has 0 fully saturated rings. The molecule has 3 aromatic rings. The molecule has 1 aromatic carbocycles. The van der Waals surface area contributed by atoms with Crippen molar-refractivity contribution in [3.63, 3.8) is 0 Å². The zero-order valence-electron chi connectivity index (χ0n) is 15.0. The molecular weight excluding hydrogens is 347 g/mol. The van der Waals surface area contributed by atoms with Crippen LogP contribution in [0.1, 0.15) is 19.5 Å². The number of carbonyl (C=O) groups excluding carboxylic acids is 1. The molecular formula is C20H19FN4O2. The van der Waals surface area contributed by atoms with Crippen LogP contribution >= 0.6 is 0 Å². The maximum atomic E-state index is 13.1. The van der Waals surface area contributed by atoms with E-state index in [9.17, 15) is 14.0 Å². The summed E-state index contributed by atoms with van der Waals surface area (Å²) in [6.45, 7) is 3.47. The predicted octanol–water partition coefficient (Wildman–Crippen LogP) is 2.50. The molecule has 0 radical (unpaired) electrons. The molecule has 0 spiro atoms. The standard InChI is InChI=1S/C20H19FN4O2/c1-20(2,19(27)23-13-16-5-3-4-12-22-16)25-18(26)11-10-17(24-25)14-6-8-15(21)9-7-14/h3-12H,13H2,1-2H3,(H,23,27). The minimum absolute atomic E-state index is 0.246. The van der Waals surface area contributed by atoms with E-state index in [4.69, 9.17) is 0 Å². The van der Waals surface area contributed by atoms with Gasteiger partial charge in [-0.1, -0.05) is 6.07 Å². The van der Waals surface area contributed by atoms with E-state index >= 15 is 0 Å². The molecule has 27 heavy (non-hydrogen) atoms. The third kappa shape index (κ3) is 4.08. The van der Waals surface area contributed by atoms with Gasteiger partial charge in [-0.05, 0) is 56.3 Å². The maximum absolute atomic E-state index is 13.1. The monoisotopic (exact) mass is 366 g/mol. The van der Waals surface area contributed by atoms with Crippen molar-refractivity contribution in [3.8, 4) is 11.3 Å². The Kier molecular flexibility index (Phi) is 5.12. The van der Waals surface area contributed by atoms with Crippen LogP contribution in [0.2, 0.25) is 0 Å². The number of carbonyl (C=O) groups is 1.